The summed E-state index contributed by atoms with van der Waals surface area (Å²) in [6, 6.07) is 2.32. The maximum absolute atomic E-state index is 12.9. The van der Waals surface area contributed by atoms with E-state index in [2.05, 4.69) is 0 Å². The molecular weight excluding hydrogens is 369 g/mol. The topological polar surface area (TPSA) is 57.7 Å². The number of benzene rings is 1. The fourth-order valence-corrected chi connectivity index (χ4v) is 3.39. The van der Waals surface area contributed by atoms with Gasteiger partial charge in [0, 0.05) is 20.1 Å². The van der Waals surface area contributed by atoms with E-state index >= 15 is 0 Å². The molecule has 0 N–H and O–H groups in total. The molecule has 1 aromatic rings. The van der Waals surface area contributed by atoms with Crippen LogP contribution >= 0.6 is 11.6 Å². The van der Waals surface area contributed by atoms with Crippen LogP contribution in [0.1, 0.15) is 19.4 Å². The van der Waals surface area contributed by atoms with Gasteiger partial charge in [-0.1, -0.05) is 11.6 Å². The smallest absolute Gasteiger partial charge is 0.342 e. The zero-order valence-corrected chi connectivity index (χ0v) is 15.0. The summed E-state index contributed by atoms with van der Waals surface area (Å²) in [4.78, 5) is 12.8. The van der Waals surface area contributed by atoms with Gasteiger partial charge in [-0.05, 0) is 32.0 Å². The van der Waals surface area contributed by atoms with E-state index in [-0.39, 0.29) is 0 Å². The fraction of sp³-hybridized carbons (Fsp3) is 0.500. The molecule has 136 valence electrons. The predicted octanol–water partition coefficient (Wildman–Crippen LogP) is 2.85. The molecule has 0 aromatic heterocycles. The lowest BCUT2D eigenvalue weighted by Crippen LogP contribution is -2.41. The van der Waals surface area contributed by atoms with Crippen molar-refractivity contribution in [2.24, 2.45) is 0 Å². The highest BCUT2D eigenvalue weighted by Crippen LogP contribution is 2.36. The molecule has 0 aliphatic heterocycles. The van der Waals surface area contributed by atoms with Gasteiger partial charge in [0.05, 0.1) is 22.0 Å². The van der Waals surface area contributed by atoms with Crippen LogP contribution in [0.15, 0.2) is 23.1 Å². The highest BCUT2D eigenvalue weighted by molar-refractivity contribution is 7.89. The van der Waals surface area contributed by atoms with Gasteiger partial charge in [-0.3, -0.25) is 4.79 Å². The third-order valence-electron chi connectivity index (χ3n) is 3.43. The van der Waals surface area contributed by atoms with E-state index in [1.54, 1.807) is 13.8 Å². The molecule has 1 rings (SSSR count). The number of nitrogens with zero attached hydrogens (tertiary/aromatic N) is 2. The average Bonchev–Trinajstić information content (AvgIpc) is 2.47. The lowest BCUT2D eigenvalue weighted by molar-refractivity contribution is -0.137. The summed E-state index contributed by atoms with van der Waals surface area (Å²) in [5.74, 6) is -0.434. The molecule has 5 nitrogen and oxygen atoms in total. The van der Waals surface area contributed by atoms with E-state index in [1.807, 2.05) is 0 Å². The second kappa shape index (κ2) is 7.71. The monoisotopic (exact) mass is 386 g/mol. The van der Waals surface area contributed by atoms with Gasteiger partial charge in [0.2, 0.25) is 15.9 Å². The maximum Gasteiger partial charge on any atom is 0.417 e. The van der Waals surface area contributed by atoms with Crippen molar-refractivity contribution < 1.29 is 26.4 Å². The molecule has 0 atom stereocenters. The third kappa shape index (κ3) is 4.61. The van der Waals surface area contributed by atoms with Gasteiger partial charge in [0.15, 0.2) is 0 Å². The first-order valence-corrected chi connectivity index (χ1v) is 8.87. The average molecular weight is 387 g/mol. The molecular formula is C14H18ClF3N2O3S. The zero-order valence-electron chi connectivity index (χ0n) is 13.4. The largest absolute Gasteiger partial charge is 0.417 e. The van der Waals surface area contributed by atoms with Crippen LogP contribution in [0.5, 0.6) is 0 Å². The highest BCUT2D eigenvalue weighted by atomic mass is 35.5. The maximum atomic E-state index is 12.9. The van der Waals surface area contributed by atoms with Crippen LogP contribution in [-0.4, -0.2) is 50.2 Å². The minimum Gasteiger partial charge on any atom is -0.342 e. The summed E-state index contributed by atoms with van der Waals surface area (Å²) in [7, 11) is -3.12. The van der Waals surface area contributed by atoms with Crippen molar-refractivity contribution in [2.45, 2.75) is 24.9 Å². The number of sulfonamides is 1. The quantitative estimate of drug-likeness (QED) is 0.755. The first kappa shape index (κ1) is 20.7. The molecule has 0 radical (unpaired) electrons. The zero-order chi connectivity index (χ0) is 18.7. The number of carbonyl (C=O) groups excluding carboxylic acids is 1. The molecule has 0 saturated heterocycles. The molecule has 0 aliphatic rings. The first-order chi connectivity index (χ1) is 10.9. The molecule has 0 saturated carbocycles. The van der Waals surface area contributed by atoms with Gasteiger partial charge in [0.25, 0.3) is 0 Å². The number of carbonyl (C=O) groups is 1. The fourth-order valence-electron chi connectivity index (χ4n) is 2.01. The summed E-state index contributed by atoms with van der Waals surface area (Å²) in [5, 5.41) is -0.594. The van der Waals surface area contributed by atoms with E-state index in [4.69, 9.17) is 11.6 Å². The normalized spacial score (nSPS) is 12.5. The van der Waals surface area contributed by atoms with Gasteiger partial charge in [0.1, 0.15) is 0 Å². The van der Waals surface area contributed by atoms with Crippen molar-refractivity contribution in [3.8, 4) is 0 Å². The Morgan fingerprint density at radius 3 is 2.21 bits per heavy atom. The van der Waals surface area contributed by atoms with Crippen molar-refractivity contribution in [3.63, 3.8) is 0 Å². The predicted molar refractivity (Wildman–Crippen MR) is 84.2 cm³/mol. The van der Waals surface area contributed by atoms with Gasteiger partial charge in [-0.25, -0.2) is 8.42 Å². The van der Waals surface area contributed by atoms with Crippen molar-refractivity contribution >= 4 is 27.5 Å². The van der Waals surface area contributed by atoms with Gasteiger partial charge in [-0.15, -0.1) is 0 Å². The van der Waals surface area contributed by atoms with E-state index in [0.717, 1.165) is 23.5 Å². The van der Waals surface area contributed by atoms with Gasteiger partial charge < -0.3 is 4.90 Å². The summed E-state index contributed by atoms with van der Waals surface area (Å²) in [5.41, 5.74) is -1.24. The summed E-state index contributed by atoms with van der Waals surface area (Å²) >= 11 is 5.48. The van der Waals surface area contributed by atoms with E-state index in [9.17, 15) is 26.4 Å². The Hall–Kier alpha value is -1.32. The number of alkyl halides is 3. The summed E-state index contributed by atoms with van der Waals surface area (Å²) in [6.07, 6.45) is -4.78. The van der Waals surface area contributed by atoms with Crippen molar-refractivity contribution in [3.05, 3.63) is 28.8 Å². The molecule has 1 aromatic carbocycles. The highest BCUT2D eigenvalue weighted by Gasteiger charge is 2.35. The van der Waals surface area contributed by atoms with Crippen LogP contribution in [-0.2, 0) is 21.0 Å². The van der Waals surface area contributed by atoms with Gasteiger partial charge in [-0.2, -0.15) is 17.5 Å². The van der Waals surface area contributed by atoms with Crippen molar-refractivity contribution in [1.29, 1.82) is 0 Å². The molecule has 0 unspecified atom stereocenters. The Balaban J connectivity index is 3.14. The minimum absolute atomic E-state index is 0.405. The summed E-state index contributed by atoms with van der Waals surface area (Å²) < 4.78 is 64.1. The Morgan fingerprint density at radius 1 is 1.21 bits per heavy atom. The Morgan fingerprint density at radius 2 is 1.75 bits per heavy atom. The lowest BCUT2D eigenvalue weighted by Gasteiger charge is -2.23. The van der Waals surface area contributed by atoms with E-state index in [0.29, 0.717) is 19.2 Å². The van der Waals surface area contributed by atoms with E-state index < -0.39 is 44.1 Å². The molecule has 1 amide bonds. The van der Waals surface area contributed by atoms with Crippen LogP contribution in [0.4, 0.5) is 13.2 Å². The first-order valence-electron chi connectivity index (χ1n) is 7.06. The lowest BCUT2D eigenvalue weighted by atomic mass is 10.2. The number of rotatable bonds is 6. The molecule has 24 heavy (non-hydrogen) atoms. The van der Waals surface area contributed by atoms with Crippen molar-refractivity contribution in [2.75, 3.05) is 26.7 Å². The van der Waals surface area contributed by atoms with Crippen LogP contribution in [0.25, 0.3) is 0 Å². The minimum atomic E-state index is -4.78. The van der Waals surface area contributed by atoms with Crippen molar-refractivity contribution in [1.82, 2.24) is 9.21 Å². The second-order valence-electron chi connectivity index (χ2n) is 4.97. The SMILES string of the molecule is CCN(CC)C(=O)CN(C)S(=O)(=O)c1ccc(Cl)c(C(F)(F)F)c1. The Labute approximate surface area is 144 Å². The standard InChI is InChI=1S/C14H18ClF3N2O3S/c1-4-20(5-2)13(21)9-19(3)24(22,23)10-6-7-12(15)11(8-10)14(16,17)18/h6-8H,4-5,9H2,1-3H3. The molecule has 0 bridgehead atoms. The number of likely N-dealkylation sites (N-methyl/N-ethyl adjacent to an activating group) is 2. The second-order valence-corrected chi connectivity index (χ2v) is 7.42. The Bertz CT molecular complexity index is 704. The number of amides is 1. The van der Waals surface area contributed by atoms with Gasteiger partial charge >= 0.3 is 6.18 Å². The molecule has 0 heterocycles. The number of halogens is 4. The molecule has 10 heteroatoms. The van der Waals surface area contributed by atoms with E-state index in [1.165, 1.54) is 4.90 Å². The van der Waals surface area contributed by atoms with Crippen LogP contribution in [0.3, 0.4) is 0 Å². The molecule has 0 spiro atoms. The number of hydrogen-bond donors (Lipinski definition) is 0. The molecule has 0 fully saturated rings. The third-order valence-corrected chi connectivity index (χ3v) is 5.55. The Kier molecular flexibility index (Phi) is 6.66. The van der Waals surface area contributed by atoms with Crippen LogP contribution in [0.2, 0.25) is 5.02 Å². The summed E-state index contributed by atoms with van der Waals surface area (Å²) in [6.45, 7) is 3.83. The van der Waals surface area contributed by atoms with Crippen LogP contribution < -0.4 is 0 Å². The molecule has 0 aliphatic carbocycles. The number of hydrogen-bond acceptors (Lipinski definition) is 3. The van der Waals surface area contributed by atoms with Crippen LogP contribution in [0, 0.1) is 0 Å².